The topological polar surface area (TPSA) is 29.1 Å². The van der Waals surface area contributed by atoms with Gasteiger partial charge in [0.05, 0.1) is 0 Å². The van der Waals surface area contributed by atoms with Crippen molar-refractivity contribution in [3.8, 4) is 0 Å². The molecule has 62 valence electrons. The fraction of sp³-hybridized carbons (Fsp3) is 0.286. The number of amides is 1. The van der Waals surface area contributed by atoms with Crippen molar-refractivity contribution in [1.29, 1.82) is 0 Å². The Hall–Kier alpha value is -0.540. The maximum absolute atomic E-state index is 9.82. The van der Waals surface area contributed by atoms with Gasteiger partial charge in [0.1, 0.15) is 0 Å². The third-order valence-electron chi connectivity index (χ3n) is 1.22. The number of thiophene rings is 1. The maximum Gasteiger partial charge on any atom is 0.207 e. The summed E-state index contributed by atoms with van der Waals surface area (Å²) < 4.78 is 0. The molecule has 0 atom stereocenters. The molecule has 0 aliphatic heterocycles. The van der Waals surface area contributed by atoms with Gasteiger partial charge >= 0.3 is 0 Å². The average Bonchev–Trinajstić information content (AvgIpc) is 2.41. The fourth-order valence-electron chi connectivity index (χ4n) is 0.710. The number of rotatable bonds is 4. The summed E-state index contributed by atoms with van der Waals surface area (Å²) in [5, 5.41) is 6.74. The molecule has 0 fully saturated rings. The molecule has 4 heteroatoms. The average molecular weight is 192 g/mol. The summed E-state index contributed by atoms with van der Waals surface area (Å²) in [6.45, 7) is 0.736. The number of hydrogen-bond donors (Lipinski definition) is 1. The Bertz CT molecular complexity index is 188. The SMILES string of the molecule is Cl.O=CNCCc1ccsc1. The zero-order valence-corrected chi connectivity index (χ0v) is 7.58. The highest BCUT2D eigenvalue weighted by atomic mass is 35.5. The summed E-state index contributed by atoms with van der Waals surface area (Å²) in [4.78, 5) is 9.82. The van der Waals surface area contributed by atoms with Crippen LogP contribution in [0.2, 0.25) is 0 Å². The number of hydrogen-bond acceptors (Lipinski definition) is 2. The Labute approximate surface area is 76.0 Å². The van der Waals surface area contributed by atoms with Gasteiger partial charge < -0.3 is 5.32 Å². The van der Waals surface area contributed by atoms with Crippen molar-refractivity contribution in [2.24, 2.45) is 0 Å². The zero-order chi connectivity index (χ0) is 7.23. The zero-order valence-electron chi connectivity index (χ0n) is 5.95. The molecule has 0 aliphatic rings. The Morgan fingerprint density at radius 2 is 2.45 bits per heavy atom. The van der Waals surface area contributed by atoms with Crippen LogP contribution < -0.4 is 5.32 Å². The second kappa shape index (κ2) is 6.19. The fourth-order valence-corrected chi connectivity index (χ4v) is 1.41. The first-order chi connectivity index (χ1) is 4.93. The van der Waals surface area contributed by atoms with E-state index in [0.29, 0.717) is 0 Å². The monoisotopic (exact) mass is 191 g/mol. The molecule has 0 bridgehead atoms. The van der Waals surface area contributed by atoms with Crippen LogP contribution in [0.15, 0.2) is 16.8 Å². The molecule has 0 aliphatic carbocycles. The minimum atomic E-state index is 0. The van der Waals surface area contributed by atoms with E-state index in [9.17, 15) is 4.79 Å². The van der Waals surface area contributed by atoms with Gasteiger partial charge in [-0.2, -0.15) is 11.3 Å². The first-order valence-electron chi connectivity index (χ1n) is 3.11. The molecule has 1 aromatic rings. The minimum Gasteiger partial charge on any atom is -0.358 e. The molecule has 0 spiro atoms. The Morgan fingerprint density at radius 1 is 1.64 bits per heavy atom. The molecule has 1 aromatic heterocycles. The molecule has 1 heterocycles. The van der Waals surface area contributed by atoms with Crippen molar-refractivity contribution in [3.63, 3.8) is 0 Å². The van der Waals surface area contributed by atoms with Crippen LogP contribution in [0.5, 0.6) is 0 Å². The van der Waals surface area contributed by atoms with Crippen molar-refractivity contribution in [2.45, 2.75) is 6.42 Å². The van der Waals surface area contributed by atoms with E-state index in [1.807, 2.05) is 5.38 Å². The normalized spacial score (nSPS) is 8.36. The summed E-state index contributed by atoms with van der Waals surface area (Å²) in [7, 11) is 0. The molecule has 0 radical (unpaired) electrons. The van der Waals surface area contributed by atoms with Crippen molar-refractivity contribution in [2.75, 3.05) is 6.54 Å². The third kappa shape index (κ3) is 4.01. The van der Waals surface area contributed by atoms with Gasteiger partial charge in [0.2, 0.25) is 6.41 Å². The van der Waals surface area contributed by atoms with E-state index in [-0.39, 0.29) is 12.4 Å². The van der Waals surface area contributed by atoms with Crippen LogP contribution in [0.25, 0.3) is 0 Å². The highest BCUT2D eigenvalue weighted by molar-refractivity contribution is 7.07. The molecule has 1 amide bonds. The second-order valence-corrected chi connectivity index (χ2v) is 2.73. The van der Waals surface area contributed by atoms with Gasteiger partial charge in [0, 0.05) is 6.54 Å². The summed E-state index contributed by atoms with van der Waals surface area (Å²) in [5.41, 5.74) is 1.29. The van der Waals surface area contributed by atoms with Crippen LogP contribution in [0, 0.1) is 0 Å². The van der Waals surface area contributed by atoms with Gasteiger partial charge in [0.25, 0.3) is 0 Å². The van der Waals surface area contributed by atoms with Crippen molar-refractivity contribution in [1.82, 2.24) is 5.32 Å². The third-order valence-corrected chi connectivity index (χ3v) is 1.95. The molecule has 0 unspecified atom stereocenters. The molecule has 11 heavy (non-hydrogen) atoms. The van der Waals surface area contributed by atoms with Gasteiger partial charge in [-0.1, -0.05) is 0 Å². The lowest BCUT2D eigenvalue weighted by atomic mass is 10.2. The molecular formula is C7H10ClNOS. The van der Waals surface area contributed by atoms with Crippen molar-refractivity contribution in [3.05, 3.63) is 22.4 Å². The Morgan fingerprint density at radius 3 is 3.00 bits per heavy atom. The van der Waals surface area contributed by atoms with E-state index in [0.717, 1.165) is 19.4 Å². The van der Waals surface area contributed by atoms with Gasteiger partial charge in [-0.25, -0.2) is 0 Å². The van der Waals surface area contributed by atoms with Crippen molar-refractivity contribution >= 4 is 30.2 Å². The molecule has 0 saturated carbocycles. The Kier molecular flexibility index (Phi) is 5.88. The number of nitrogens with one attached hydrogen (secondary N) is 1. The number of carbonyl (C=O) groups excluding carboxylic acids is 1. The summed E-state index contributed by atoms with van der Waals surface area (Å²) >= 11 is 1.68. The predicted molar refractivity (Wildman–Crippen MR) is 49.3 cm³/mol. The molecule has 2 nitrogen and oxygen atoms in total. The Balaban J connectivity index is 0.000001000. The molecule has 1 N–H and O–H groups in total. The van der Waals surface area contributed by atoms with Crippen LogP contribution in [0.3, 0.4) is 0 Å². The van der Waals surface area contributed by atoms with Gasteiger partial charge in [-0.3, -0.25) is 4.79 Å². The number of halogens is 1. The quantitative estimate of drug-likeness (QED) is 0.567. The van der Waals surface area contributed by atoms with E-state index >= 15 is 0 Å². The maximum atomic E-state index is 9.82. The molecule has 0 aromatic carbocycles. The smallest absolute Gasteiger partial charge is 0.207 e. The lowest BCUT2D eigenvalue weighted by Gasteiger charge is -1.93. The van der Waals surface area contributed by atoms with E-state index < -0.39 is 0 Å². The second-order valence-electron chi connectivity index (χ2n) is 1.95. The number of carbonyl (C=O) groups is 1. The lowest BCUT2D eigenvalue weighted by Crippen LogP contribution is -2.13. The lowest BCUT2D eigenvalue weighted by molar-refractivity contribution is -0.109. The van der Waals surface area contributed by atoms with E-state index in [1.165, 1.54) is 5.56 Å². The van der Waals surface area contributed by atoms with Crippen molar-refractivity contribution < 1.29 is 4.79 Å². The minimum absolute atomic E-state index is 0. The highest BCUT2D eigenvalue weighted by Crippen LogP contribution is 2.05. The van der Waals surface area contributed by atoms with E-state index in [4.69, 9.17) is 0 Å². The molecule has 1 rings (SSSR count). The standard InChI is InChI=1S/C7H9NOS.ClH/c9-6-8-3-1-7-2-4-10-5-7;/h2,4-6H,1,3H2,(H,8,9);1H. The van der Waals surface area contributed by atoms with Gasteiger partial charge in [0.15, 0.2) is 0 Å². The van der Waals surface area contributed by atoms with Crippen LogP contribution in [0.1, 0.15) is 5.56 Å². The predicted octanol–water partition coefficient (Wildman–Crippen LogP) is 1.46. The van der Waals surface area contributed by atoms with E-state index in [2.05, 4.69) is 16.8 Å². The van der Waals surface area contributed by atoms with Gasteiger partial charge in [-0.15, -0.1) is 12.4 Å². The van der Waals surface area contributed by atoms with Crippen LogP contribution in [0.4, 0.5) is 0 Å². The van der Waals surface area contributed by atoms with E-state index in [1.54, 1.807) is 11.3 Å². The largest absolute Gasteiger partial charge is 0.358 e. The highest BCUT2D eigenvalue weighted by Gasteiger charge is 1.89. The summed E-state index contributed by atoms with van der Waals surface area (Å²) in [6, 6.07) is 2.07. The first-order valence-corrected chi connectivity index (χ1v) is 4.06. The molecule has 0 saturated heterocycles. The molecular weight excluding hydrogens is 182 g/mol. The summed E-state index contributed by atoms with van der Waals surface area (Å²) in [6.07, 6.45) is 1.66. The van der Waals surface area contributed by atoms with Gasteiger partial charge in [-0.05, 0) is 28.8 Å². The van der Waals surface area contributed by atoms with Crippen LogP contribution in [-0.2, 0) is 11.2 Å². The summed E-state index contributed by atoms with van der Waals surface area (Å²) in [5.74, 6) is 0. The van der Waals surface area contributed by atoms with Crippen LogP contribution >= 0.6 is 23.7 Å². The van der Waals surface area contributed by atoms with Crippen LogP contribution in [-0.4, -0.2) is 13.0 Å². The first kappa shape index (κ1) is 10.5.